The second-order valence-electron chi connectivity index (χ2n) is 3.20. The van der Waals surface area contributed by atoms with E-state index >= 15 is 0 Å². The number of benzene rings is 1. The van der Waals surface area contributed by atoms with Gasteiger partial charge in [0.1, 0.15) is 12.4 Å². The predicted molar refractivity (Wildman–Crippen MR) is 66.0 cm³/mol. The van der Waals surface area contributed by atoms with E-state index in [0.717, 1.165) is 12.0 Å². The molecule has 1 rings (SSSR count). The minimum atomic E-state index is -3.50. The number of halogens is 2. The van der Waals surface area contributed by atoms with E-state index in [0.29, 0.717) is 10.8 Å². The van der Waals surface area contributed by atoms with Crippen LogP contribution in [0.3, 0.4) is 0 Å². The van der Waals surface area contributed by atoms with Crippen LogP contribution in [0.15, 0.2) is 18.2 Å². The van der Waals surface area contributed by atoms with Gasteiger partial charge in [-0.2, -0.15) is 0 Å². The molecule has 0 fully saturated rings. The largest absolute Gasteiger partial charge is 0.492 e. The second-order valence-corrected chi connectivity index (χ2v) is 6.50. The first-order chi connectivity index (χ1) is 7.42. The molecule has 0 unspecified atom stereocenters. The average molecular weight is 283 g/mol. The summed E-state index contributed by atoms with van der Waals surface area (Å²) in [7, 11) is 1.56. The molecule has 16 heavy (non-hydrogen) atoms. The Kier molecular flexibility index (Phi) is 4.89. The van der Waals surface area contributed by atoms with Crippen LogP contribution in [0, 0.1) is 0 Å². The van der Waals surface area contributed by atoms with Crippen LogP contribution in [-0.2, 0) is 15.5 Å². The van der Waals surface area contributed by atoms with Gasteiger partial charge in [-0.15, -0.1) is 0 Å². The lowest BCUT2D eigenvalue weighted by Gasteiger charge is -2.07. The Morgan fingerprint density at radius 1 is 1.38 bits per heavy atom. The summed E-state index contributed by atoms with van der Waals surface area (Å²) in [4.78, 5) is 0. The summed E-state index contributed by atoms with van der Waals surface area (Å²) in [6, 6.07) is 5.22. The van der Waals surface area contributed by atoms with E-state index in [9.17, 15) is 8.42 Å². The van der Waals surface area contributed by atoms with Crippen LogP contribution in [0.5, 0.6) is 5.75 Å². The van der Waals surface area contributed by atoms with E-state index in [1.54, 1.807) is 18.2 Å². The third kappa shape index (κ3) is 4.60. The molecule has 1 aromatic carbocycles. The summed E-state index contributed by atoms with van der Waals surface area (Å²) in [6.07, 6.45) is 0.795. The van der Waals surface area contributed by atoms with E-state index < -0.39 is 9.05 Å². The standard InChI is InChI=1S/C10H12Cl2O3S/c1-2-8-7-9(3-4-10(8)11)15-5-6-16(12,13)14/h3-4,7H,2,5-6H2,1H3. The minimum Gasteiger partial charge on any atom is -0.492 e. The number of hydrogen-bond donors (Lipinski definition) is 0. The highest BCUT2D eigenvalue weighted by molar-refractivity contribution is 8.13. The summed E-state index contributed by atoms with van der Waals surface area (Å²) in [5, 5.41) is 0.680. The number of ether oxygens (including phenoxy) is 1. The molecule has 90 valence electrons. The van der Waals surface area contributed by atoms with Crippen molar-refractivity contribution in [3.8, 4) is 5.75 Å². The fourth-order valence-electron chi connectivity index (χ4n) is 1.17. The molecule has 0 aliphatic rings. The third-order valence-corrected chi connectivity index (χ3v) is 3.48. The zero-order chi connectivity index (χ0) is 12.2. The highest BCUT2D eigenvalue weighted by atomic mass is 35.7. The average Bonchev–Trinajstić information content (AvgIpc) is 2.18. The highest BCUT2D eigenvalue weighted by Crippen LogP contribution is 2.22. The highest BCUT2D eigenvalue weighted by Gasteiger charge is 2.06. The van der Waals surface area contributed by atoms with Gasteiger partial charge < -0.3 is 4.74 Å². The molecule has 6 heteroatoms. The molecule has 0 aliphatic heterocycles. The molecule has 0 radical (unpaired) electrons. The lowest BCUT2D eigenvalue weighted by molar-refractivity contribution is 0.341. The normalized spacial score (nSPS) is 11.4. The summed E-state index contributed by atoms with van der Waals surface area (Å²) in [5.74, 6) is 0.389. The minimum absolute atomic E-state index is 0.0383. The SMILES string of the molecule is CCc1cc(OCCS(=O)(=O)Cl)ccc1Cl. The first-order valence-electron chi connectivity index (χ1n) is 4.76. The summed E-state index contributed by atoms with van der Waals surface area (Å²) >= 11 is 5.93. The third-order valence-electron chi connectivity index (χ3n) is 1.99. The van der Waals surface area contributed by atoms with Crippen LogP contribution in [0.2, 0.25) is 5.02 Å². The van der Waals surface area contributed by atoms with Crippen molar-refractivity contribution >= 4 is 31.3 Å². The van der Waals surface area contributed by atoms with Crippen molar-refractivity contribution in [3.63, 3.8) is 0 Å². The number of aryl methyl sites for hydroxylation is 1. The predicted octanol–water partition coefficient (Wildman–Crippen LogP) is 2.85. The fourth-order valence-corrected chi connectivity index (χ4v) is 1.89. The van der Waals surface area contributed by atoms with Gasteiger partial charge in [-0.05, 0) is 30.2 Å². The molecule has 0 aromatic heterocycles. The van der Waals surface area contributed by atoms with Gasteiger partial charge >= 0.3 is 0 Å². The molecule has 0 spiro atoms. The lowest BCUT2D eigenvalue weighted by Crippen LogP contribution is -2.08. The van der Waals surface area contributed by atoms with Crippen LogP contribution >= 0.6 is 22.3 Å². The molecule has 0 heterocycles. The van der Waals surface area contributed by atoms with Gasteiger partial charge in [0.05, 0.1) is 5.75 Å². The van der Waals surface area contributed by atoms with Crippen molar-refractivity contribution in [2.24, 2.45) is 0 Å². The molecule has 0 saturated carbocycles. The summed E-state index contributed by atoms with van der Waals surface area (Å²) in [6.45, 7) is 2.02. The first-order valence-corrected chi connectivity index (χ1v) is 7.61. The Bertz CT molecular complexity index is 457. The van der Waals surface area contributed by atoms with Crippen molar-refractivity contribution in [1.82, 2.24) is 0 Å². The van der Waals surface area contributed by atoms with Gasteiger partial charge in [-0.1, -0.05) is 18.5 Å². The van der Waals surface area contributed by atoms with Crippen molar-refractivity contribution in [1.29, 1.82) is 0 Å². The maximum Gasteiger partial charge on any atom is 0.235 e. The lowest BCUT2D eigenvalue weighted by atomic mass is 10.1. The molecule has 0 bridgehead atoms. The maximum atomic E-state index is 10.7. The molecular weight excluding hydrogens is 271 g/mol. The van der Waals surface area contributed by atoms with E-state index in [1.165, 1.54) is 0 Å². The quantitative estimate of drug-likeness (QED) is 0.780. The maximum absolute atomic E-state index is 10.7. The van der Waals surface area contributed by atoms with Crippen molar-refractivity contribution in [2.75, 3.05) is 12.4 Å². The van der Waals surface area contributed by atoms with E-state index in [-0.39, 0.29) is 12.4 Å². The van der Waals surface area contributed by atoms with Gasteiger partial charge in [0.2, 0.25) is 9.05 Å². The Morgan fingerprint density at radius 2 is 2.06 bits per heavy atom. The zero-order valence-corrected chi connectivity index (χ0v) is 11.1. The van der Waals surface area contributed by atoms with Crippen molar-refractivity contribution in [2.45, 2.75) is 13.3 Å². The van der Waals surface area contributed by atoms with Gasteiger partial charge in [0, 0.05) is 15.7 Å². The van der Waals surface area contributed by atoms with Gasteiger partial charge in [-0.3, -0.25) is 0 Å². The van der Waals surface area contributed by atoms with Crippen LogP contribution in [-0.4, -0.2) is 20.8 Å². The summed E-state index contributed by atoms with van der Waals surface area (Å²) in [5.41, 5.74) is 0.966. The molecule has 0 N–H and O–H groups in total. The smallest absolute Gasteiger partial charge is 0.235 e. The Labute approximate surface area is 105 Å². The molecule has 0 amide bonds. The van der Waals surface area contributed by atoms with E-state index in [2.05, 4.69) is 0 Å². The van der Waals surface area contributed by atoms with Crippen LogP contribution in [0.4, 0.5) is 0 Å². The van der Waals surface area contributed by atoms with Crippen LogP contribution in [0.1, 0.15) is 12.5 Å². The Morgan fingerprint density at radius 3 is 2.62 bits per heavy atom. The molecule has 1 aromatic rings. The molecule has 0 atom stereocenters. The summed E-state index contributed by atoms with van der Waals surface area (Å²) < 4.78 is 26.6. The van der Waals surface area contributed by atoms with Crippen LogP contribution in [0.25, 0.3) is 0 Å². The van der Waals surface area contributed by atoms with E-state index in [1.807, 2.05) is 6.92 Å². The monoisotopic (exact) mass is 282 g/mol. The van der Waals surface area contributed by atoms with Crippen LogP contribution < -0.4 is 4.74 Å². The molecule has 3 nitrogen and oxygen atoms in total. The molecular formula is C10H12Cl2O3S. The fraction of sp³-hybridized carbons (Fsp3) is 0.400. The van der Waals surface area contributed by atoms with Gasteiger partial charge in [-0.25, -0.2) is 8.42 Å². The molecule has 0 saturated heterocycles. The zero-order valence-electron chi connectivity index (χ0n) is 8.74. The second kappa shape index (κ2) is 5.75. The van der Waals surface area contributed by atoms with E-state index in [4.69, 9.17) is 27.0 Å². The van der Waals surface area contributed by atoms with Crippen molar-refractivity contribution < 1.29 is 13.2 Å². The van der Waals surface area contributed by atoms with Crippen molar-refractivity contribution in [3.05, 3.63) is 28.8 Å². The number of rotatable bonds is 5. The van der Waals surface area contributed by atoms with Gasteiger partial charge in [0.15, 0.2) is 0 Å². The Hall–Kier alpha value is -0.450. The number of hydrogen-bond acceptors (Lipinski definition) is 3. The van der Waals surface area contributed by atoms with Gasteiger partial charge in [0.25, 0.3) is 0 Å². The topological polar surface area (TPSA) is 43.4 Å². The first kappa shape index (κ1) is 13.6. The Balaban J connectivity index is 2.61. The molecule has 0 aliphatic carbocycles.